The minimum Gasteiger partial charge on any atom is -0.357 e. The molecule has 2 aromatic rings. The lowest BCUT2D eigenvalue weighted by atomic mass is 10.1. The maximum atomic E-state index is 11.8. The number of halogens is 1. The number of hydrogen-bond acceptors (Lipinski definition) is 2. The summed E-state index contributed by atoms with van der Waals surface area (Å²) in [7, 11) is 2.01. The van der Waals surface area contributed by atoms with E-state index in [2.05, 4.69) is 59.1 Å². The molecule has 6 nitrogen and oxygen atoms in total. The summed E-state index contributed by atoms with van der Waals surface area (Å²) in [4.78, 5) is 18.4. The first kappa shape index (κ1) is 22.3. The minimum absolute atomic E-state index is 0. The Balaban J connectivity index is 0.00000280. The van der Waals surface area contributed by atoms with Crippen LogP contribution in [0.5, 0.6) is 0 Å². The molecule has 0 atom stereocenters. The Morgan fingerprint density at radius 1 is 1.18 bits per heavy atom. The van der Waals surface area contributed by atoms with E-state index in [1.54, 1.807) is 0 Å². The molecule has 0 saturated carbocycles. The van der Waals surface area contributed by atoms with Gasteiger partial charge >= 0.3 is 0 Å². The van der Waals surface area contributed by atoms with Crippen LogP contribution in [0.3, 0.4) is 0 Å². The summed E-state index contributed by atoms with van der Waals surface area (Å²) in [5.74, 6) is 1.07. The van der Waals surface area contributed by atoms with Gasteiger partial charge in [0.1, 0.15) is 0 Å². The standard InChI is InChI=1S/C21H29N5O.HI/c1-3-22-21(24-14-19-9-11-25(2)15-19)23-13-17-6-4-7-18(12-17)16-26-10-5-8-20(26)27;/h4,6-7,9,11-12,15H,3,5,8,10,13-14,16H2,1-2H3,(H2,22,23,24);1H. The number of amides is 1. The van der Waals surface area contributed by atoms with E-state index in [4.69, 9.17) is 0 Å². The van der Waals surface area contributed by atoms with E-state index in [1.165, 1.54) is 16.7 Å². The van der Waals surface area contributed by atoms with E-state index >= 15 is 0 Å². The Morgan fingerprint density at radius 2 is 2.00 bits per heavy atom. The van der Waals surface area contributed by atoms with Crippen molar-refractivity contribution in [2.45, 2.75) is 39.4 Å². The fourth-order valence-corrected chi connectivity index (χ4v) is 3.28. The Labute approximate surface area is 184 Å². The lowest BCUT2D eigenvalue weighted by molar-refractivity contribution is -0.128. The molecule has 2 heterocycles. The van der Waals surface area contributed by atoms with Crippen molar-refractivity contribution in [1.29, 1.82) is 0 Å². The van der Waals surface area contributed by atoms with Crippen molar-refractivity contribution in [3.05, 3.63) is 59.4 Å². The van der Waals surface area contributed by atoms with Crippen LogP contribution in [-0.4, -0.2) is 34.4 Å². The highest BCUT2D eigenvalue weighted by molar-refractivity contribution is 14.0. The minimum atomic E-state index is 0. The third kappa shape index (κ3) is 6.54. The van der Waals surface area contributed by atoms with Crippen LogP contribution in [0.1, 0.15) is 36.5 Å². The third-order valence-corrected chi connectivity index (χ3v) is 4.65. The molecular formula is C21H30IN5O. The number of rotatable bonds is 7. The monoisotopic (exact) mass is 495 g/mol. The summed E-state index contributed by atoms with van der Waals surface area (Å²) in [5, 5.41) is 6.68. The topological polar surface area (TPSA) is 61.7 Å². The van der Waals surface area contributed by atoms with Gasteiger partial charge < -0.3 is 20.1 Å². The van der Waals surface area contributed by atoms with Gasteiger partial charge in [0.25, 0.3) is 0 Å². The van der Waals surface area contributed by atoms with E-state index in [0.29, 0.717) is 26.1 Å². The van der Waals surface area contributed by atoms with Gasteiger partial charge in [-0.05, 0) is 36.1 Å². The molecule has 0 spiro atoms. The molecule has 1 aromatic carbocycles. The van der Waals surface area contributed by atoms with Gasteiger partial charge in [0.2, 0.25) is 5.91 Å². The number of carbonyl (C=O) groups excluding carboxylic acids is 1. The number of guanidine groups is 1. The first-order chi connectivity index (χ1) is 13.1. The van der Waals surface area contributed by atoms with Crippen molar-refractivity contribution in [3.63, 3.8) is 0 Å². The fraction of sp³-hybridized carbons (Fsp3) is 0.429. The fourth-order valence-electron chi connectivity index (χ4n) is 3.28. The van der Waals surface area contributed by atoms with Gasteiger partial charge in [-0.25, -0.2) is 4.99 Å². The molecular weight excluding hydrogens is 465 g/mol. The lowest BCUT2D eigenvalue weighted by Gasteiger charge is -2.16. The molecule has 7 heteroatoms. The third-order valence-electron chi connectivity index (χ3n) is 4.65. The van der Waals surface area contributed by atoms with E-state index in [9.17, 15) is 4.79 Å². The van der Waals surface area contributed by atoms with Crippen LogP contribution in [0.4, 0.5) is 0 Å². The predicted molar refractivity (Wildman–Crippen MR) is 124 cm³/mol. The average Bonchev–Trinajstić information content (AvgIpc) is 3.26. The molecule has 28 heavy (non-hydrogen) atoms. The molecule has 1 saturated heterocycles. The molecule has 152 valence electrons. The number of aryl methyl sites for hydroxylation is 1. The number of carbonyl (C=O) groups is 1. The average molecular weight is 495 g/mol. The van der Waals surface area contributed by atoms with E-state index in [1.807, 2.05) is 22.7 Å². The molecule has 0 unspecified atom stereocenters. The summed E-state index contributed by atoms with van der Waals surface area (Å²) in [6, 6.07) is 10.5. The highest BCUT2D eigenvalue weighted by atomic mass is 127. The zero-order chi connectivity index (χ0) is 19.1. The van der Waals surface area contributed by atoms with Gasteiger partial charge in [0, 0.05) is 52.0 Å². The van der Waals surface area contributed by atoms with Crippen LogP contribution in [0, 0.1) is 0 Å². The second-order valence-electron chi connectivity index (χ2n) is 6.97. The SMILES string of the molecule is CCNC(=NCc1ccn(C)c1)NCc1cccc(CN2CCCC2=O)c1.I. The Kier molecular flexibility index (Phi) is 8.82. The predicted octanol–water partition coefficient (Wildman–Crippen LogP) is 3.02. The zero-order valence-electron chi connectivity index (χ0n) is 16.6. The van der Waals surface area contributed by atoms with Crippen molar-refractivity contribution in [2.75, 3.05) is 13.1 Å². The van der Waals surface area contributed by atoms with Crippen LogP contribution in [0.2, 0.25) is 0 Å². The largest absolute Gasteiger partial charge is 0.357 e. The molecule has 0 aliphatic carbocycles. The molecule has 1 fully saturated rings. The van der Waals surface area contributed by atoms with Gasteiger partial charge in [-0.15, -0.1) is 24.0 Å². The first-order valence-corrected chi connectivity index (χ1v) is 9.62. The summed E-state index contributed by atoms with van der Waals surface area (Å²) < 4.78 is 2.03. The maximum absolute atomic E-state index is 11.8. The molecule has 1 aromatic heterocycles. The van der Waals surface area contributed by atoms with Crippen LogP contribution >= 0.6 is 24.0 Å². The highest BCUT2D eigenvalue weighted by Gasteiger charge is 2.19. The molecule has 3 rings (SSSR count). The molecule has 0 radical (unpaired) electrons. The van der Waals surface area contributed by atoms with Crippen molar-refractivity contribution in [1.82, 2.24) is 20.1 Å². The van der Waals surface area contributed by atoms with Crippen molar-refractivity contribution >= 4 is 35.8 Å². The van der Waals surface area contributed by atoms with E-state index in [0.717, 1.165) is 25.5 Å². The molecule has 1 aliphatic rings. The number of nitrogens with one attached hydrogen (secondary N) is 2. The summed E-state index contributed by atoms with van der Waals surface area (Å²) >= 11 is 0. The number of aliphatic imine (C=N–C) groups is 1. The van der Waals surface area contributed by atoms with Gasteiger partial charge in [-0.3, -0.25) is 4.79 Å². The number of benzene rings is 1. The van der Waals surface area contributed by atoms with Gasteiger partial charge in [-0.1, -0.05) is 24.3 Å². The second kappa shape index (κ2) is 11.1. The van der Waals surface area contributed by atoms with Gasteiger partial charge in [0.15, 0.2) is 5.96 Å². The van der Waals surface area contributed by atoms with E-state index < -0.39 is 0 Å². The summed E-state index contributed by atoms with van der Waals surface area (Å²) in [5.41, 5.74) is 3.55. The van der Waals surface area contributed by atoms with E-state index in [-0.39, 0.29) is 29.9 Å². The Bertz CT molecular complexity index is 802. The van der Waals surface area contributed by atoms with Crippen LogP contribution < -0.4 is 10.6 Å². The van der Waals surface area contributed by atoms with Crippen LogP contribution in [-0.2, 0) is 31.5 Å². The number of aromatic nitrogens is 1. The Hall–Kier alpha value is -2.03. The van der Waals surface area contributed by atoms with Crippen molar-refractivity contribution in [3.8, 4) is 0 Å². The van der Waals surface area contributed by atoms with Gasteiger partial charge in [-0.2, -0.15) is 0 Å². The lowest BCUT2D eigenvalue weighted by Crippen LogP contribution is -2.36. The van der Waals surface area contributed by atoms with Crippen LogP contribution in [0.15, 0.2) is 47.7 Å². The summed E-state index contributed by atoms with van der Waals surface area (Å²) in [6.07, 6.45) is 5.77. The van der Waals surface area contributed by atoms with Crippen molar-refractivity contribution < 1.29 is 4.79 Å². The first-order valence-electron chi connectivity index (χ1n) is 9.62. The number of hydrogen-bond donors (Lipinski definition) is 2. The summed E-state index contributed by atoms with van der Waals surface area (Å²) in [6.45, 7) is 5.80. The number of likely N-dealkylation sites (tertiary alicyclic amines) is 1. The number of nitrogens with zero attached hydrogens (tertiary/aromatic N) is 3. The zero-order valence-corrected chi connectivity index (χ0v) is 19.0. The molecule has 1 amide bonds. The van der Waals surface area contributed by atoms with Crippen LogP contribution in [0.25, 0.3) is 0 Å². The van der Waals surface area contributed by atoms with Crippen molar-refractivity contribution in [2.24, 2.45) is 12.0 Å². The maximum Gasteiger partial charge on any atom is 0.222 e. The second-order valence-corrected chi connectivity index (χ2v) is 6.97. The quantitative estimate of drug-likeness (QED) is 0.353. The normalized spacial score (nSPS) is 14.1. The van der Waals surface area contributed by atoms with Gasteiger partial charge in [0.05, 0.1) is 6.54 Å². The molecule has 1 aliphatic heterocycles. The highest BCUT2D eigenvalue weighted by Crippen LogP contribution is 2.15. The Morgan fingerprint density at radius 3 is 2.68 bits per heavy atom. The molecule has 0 bridgehead atoms. The molecule has 2 N–H and O–H groups in total. The smallest absolute Gasteiger partial charge is 0.222 e.